The van der Waals surface area contributed by atoms with Crippen LogP contribution in [-0.2, 0) is 13.1 Å². The molecule has 108 valence electrons. The molecule has 3 nitrogen and oxygen atoms in total. The van der Waals surface area contributed by atoms with Crippen LogP contribution in [0.1, 0.15) is 50.7 Å². The average molecular weight is 264 g/mol. The summed E-state index contributed by atoms with van der Waals surface area (Å²) in [6, 6.07) is 2.14. The smallest absolute Gasteiger partial charge is 0.120 e. The Morgan fingerprint density at radius 2 is 1.95 bits per heavy atom. The van der Waals surface area contributed by atoms with Crippen molar-refractivity contribution in [2.24, 2.45) is 17.1 Å². The molecular weight excluding hydrogens is 236 g/mol. The number of likely N-dealkylation sites (tertiary alicyclic amines) is 1. The van der Waals surface area contributed by atoms with Crippen LogP contribution in [0.4, 0.5) is 0 Å². The quantitative estimate of drug-likeness (QED) is 0.910. The van der Waals surface area contributed by atoms with E-state index in [1.807, 2.05) is 0 Å². The monoisotopic (exact) mass is 264 g/mol. The van der Waals surface area contributed by atoms with Crippen LogP contribution in [0.3, 0.4) is 0 Å². The third-order valence-corrected chi connectivity index (χ3v) is 4.45. The van der Waals surface area contributed by atoms with Crippen LogP contribution in [0.25, 0.3) is 0 Å². The van der Waals surface area contributed by atoms with Crippen LogP contribution in [0.2, 0.25) is 0 Å². The molecule has 1 fully saturated rings. The zero-order valence-electron chi connectivity index (χ0n) is 12.8. The van der Waals surface area contributed by atoms with Gasteiger partial charge in [-0.1, -0.05) is 20.8 Å². The minimum absolute atomic E-state index is 0.445. The van der Waals surface area contributed by atoms with Crippen LogP contribution in [0.15, 0.2) is 10.5 Å². The van der Waals surface area contributed by atoms with Gasteiger partial charge in [0.05, 0.1) is 13.1 Å². The van der Waals surface area contributed by atoms with E-state index in [0.29, 0.717) is 12.0 Å². The molecule has 3 heteroatoms. The van der Waals surface area contributed by atoms with Gasteiger partial charge in [-0.3, -0.25) is 4.90 Å². The van der Waals surface area contributed by atoms with Gasteiger partial charge in [-0.25, -0.2) is 0 Å². The zero-order valence-corrected chi connectivity index (χ0v) is 12.8. The molecule has 2 heterocycles. The van der Waals surface area contributed by atoms with Crippen LogP contribution in [-0.4, -0.2) is 18.0 Å². The predicted octanol–water partition coefficient (Wildman–Crippen LogP) is 3.30. The fourth-order valence-electron chi connectivity index (χ4n) is 3.05. The number of aryl methyl sites for hydroxylation is 1. The normalized spacial score (nSPS) is 19.0. The van der Waals surface area contributed by atoms with Gasteiger partial charge < -0.3 is 10.2 Å². The summed E-state index contributed by atoms with van der Waals surface area (Å²) < 4.78 is 5.79. The highest BCUT2D eigenvalue weighted by molar-refractivity contribution is 5.19. The van der Waals surface area contributed by atoms with Gasteiger partial charge in [0.15, 0.2) is 0 Å². The first-order valence-electron chi connectivity index (χ1n) is 7.40. The van der Waals surface area contributed by atoms with Gasteiger partial charge in [0, 0.05) is 0 Å². The molecular formula is C16H28N2O. The Kier molecular flexibility index (Phi) is 4.36. The first-order chi connectivity index (χ1) is 8.90. The molecule has 19 heavy (non-hydrogen) atoms. The molecule has 2 rings (SSSR count). The van der Waals surface area contributed by atoms with Crippen molar-refractivity contribution in [1.29, 1.82) is 0 Å². The molecule has 0 saturated carbocycles. The van der Waals surface area contributed by atoms with Crippen molar-refractivity contribution in [3.05, 3.63) is 23.2 Å². The molecule has 1 aliphatic rings. The summed E-state index contributed by atoms with van der Waals surface area (Å²) in [5.41, 5.74) is 7.28. The van der Waals surface area contributed by atoms with E-state index < -0.39 is 0 Å². The maximum Gasteiger partial charge on any atom is 0.120 e. The number of rotatable bonds is 3. The highest BCUT2D eigenvalue weighted by Crippen LogP contribution is 2.34. The Morgan fingerprint density at radius 1 is 1.32 bits per heavy atom. The Morgan fingerprint density at radius 3 is 2.42 bits per heavy atom. The van der Waals surface area contributed by atoms with Crippen molar-refractivity contribution >= 4 is 0 Å². The van der Waals surface area contributed by atoms with E-state index in [9.17, 15) is 0 Å². The van der Waals surface area contributed by atoms with Crippen LogP contribution < -0.4 is 5.73 Å². The standard InChI is InChI=1S/C16H28N2O/c1-12-9-14(19-15(12)10-17)11-18-7-5-13(6-8-18)16(2,3)4/h9,13H,5-8,10-11,17H2,1-4H3. The molecule has 1 aliphatic heterocycles. The zero-order chi connectivity index (χ0) is 14.0. The maximum absolute atomic E-state index is 5.79. The summed E-state index contributed by atoms with van der Waals surface area (Å²) >= 11 is 0. The Labute approximate surface area is 117 Å². The van der Waals surface area contributed by atoms with Gasteiger partial charge in [0.1, 0.15) is 11.5 Å². The highest BCUT2D eigenvalue weighted by Gasteiger charge is 2.28. The van der Waals surface area contributed by atoms with Crippen molar-refractivity contribution in [1.82, 2.24) is 4.90 Å². The van der Waals surface area contributed by atoms with Crippen molar-refractivity contribution in [2.45, 2.75) is 53.6 Å². The highest BCUT2D eigenvalue weighted by atomic mass is 16.3. The van der Waals surface area contributed by atoms with E-state index in [2.05, 4.69) is 38.7 Å². The number of piperidine rings is 1. The van der Waals surface area contributed by atoms with Gasteiger partial charge in [-0.05, 0) is 55.8 Å². The molecule has 0 aliphatic carbocycles. The molecule has 0 bridgehead atoms. The molecule has 2 N–H and O–H groups in total. The van der Waals surface area contributed by atoms with Gasteiger partial charge in [0.25, 0.3) is 0 Å². The van der Waals surface area contributed by atoms with Crippen molar-refractivity contribution in [3.8, 4) is 0 Å². The van der Waals surface area contributed by atoms with E-state index in [1.54, 1.807) is 0 Å². The lowest BCUT2D eigenvalue weighted by Crippen LogP contribution is -2.37. The third-order valence-electron chi connectivity index (χ3n) is 4.45. The summed E-state index contributed by atoms with van der Waals surface area (Å²) in [4.78, 5) is 2.50. The van der Waals surface area contributed by atoms with Crippen LogP contribution in [0, 0.1) is 18.3 Å². The number of hydrogen-bond donors (Lipinski definition) is 1. The number of hydrogen-bond acceptors (Lipinski definition) is 3. The van der Waals surface area contributed by atoms with E-state index in [-0.39, 0.29) is 0 Å². The van der Waals surface area contributed by atoms with Gasteiger partial charge in [0.2, 0.25) is 0 Å². The third kappa shape index (κ3) is 3.61. The van der Waals surface area contributed by atoms with E-state index in [0.717, 1.165) is 24.0 Å². The summed E-state index contributed by atoms with van der Waals surface area (Å²) in [5.74, 6) is 2.84. The lowest BCUT2D eigenvalue weighted by Gasteiger charge is -2.38. The summed E-state index contributed by atoms with van der Waals surface area (Å²) in [6.45, 7) is 12.9. The van der Waals surface area contributed by atoms with Crippen molar-refractivity contribution in [3.63, 3.8) is 0 Å². The number of furan rings is 1. The van der Waals surface area contributed by atoms with Crippen molar-refractivity contribution in [2.75, 3.05) is 13.1 Å². The predicted molar refractivity (Wildman–Crippen MR) is 78.8 cm³/mol. The first-order valence-corrected chi connectivity index (χ1v) is 7.40. The topological polar surface area (TPSA) is 42.4 Å². The summed E-state index contributed by atoms with van der Waals surface area (Å²) in [6.07, 6.45) is 2.60. The maximum atomic E-state index is 5.79. The Balaban J connectivity index is 1.88. The molecule has 0 amide bonds. The van der Waals surface area contributed by atoms with E-state index in [1.165, 1.54) is 31.5 Å². The average Bonchev–Trinajstić information content (AvgIpc) is 2.69. The molecule has 0 unspecified atom stereocenters. The Bertz CT molecular complexity index is 409. The second kappa shape index (κ2) is 5.68. The number of nitrogens with two attached hydrogens (primary N) is 1. The summed E-state index contributed by atoms with van der Waals surface area (Å²) in [7, 11) is 0. The first kappa shape index (κ1) is 14.6. The van der Waals surface area contributed by atoms with Crippen LogP contribution >= 0.6 is 0 Å². The lowest BCUT2D eigenvalue weighted by molar-refractivity contribution is 0.103. The molecule has 0 spiro atoms. The SMILES string of the molecule is Cc1cc(CN2CCC(C(C)(C)C)CC2)oc1CN. The van der Waals surface area contributed by atoms with E-state index in [4.69, 9.17) is 10.2 Å². The fraction of sp³-hybridized carbons (Fsp3) is 0.750. The van der Waals surface area contributed by atoms with Gasteiger partial charge in [-0.2, -0.15) is 0 Å². The molecule has 0 aromatic carbocycles. The second-order valence-electron chi connectivity index (χ2n) is 6.94. The fourth-order valence-corrected chi connectivity index (χ4v) is 3.05. The molecule has 0 atom stereocenters. The largest absolute Gasteiger partial charge is 0.463 e. The summed E-state index contributed by atoms with van der Waals surface area (Å²) in [5, 5.41) is 0. The van der Waals surface area contributed by atoms with Crippen LogP contribution in [0.5, 0.6) is 0 Å². The minimum atomic E-state index is 0.445. The lowest BCUT2D eigenvalue weighted by atomic mass is 9.75. The minimum Gasteiger partial charge on any atom is -0.463 e. The molecule has 1 aromatic heterocycles. The van der Waals surface area contributed by atoms with E-state index >= 15 is 0 Å². The van der Waals surface area contributed by atoms with Gasteiger partial charge in [-0.15, -0.1) is 0 Å². The van der Waals surface area contributed by atoms with Crippen molar-refractivity contribution < 1.29 is 4.42 Å². The molecule has 1 saturated heterocycles. The number of nitrogens with zero attached hydrogens (tertiary/aromatic N) is 1. The molecule has 1 aromatic rings. The molecule has 0 radical (unpaired) electrons. The Hall–Kier alpha value is -0.800. The van der Waals surface area contributed by atoms with Gasteiger partial charge >= 0.3 is 0 Å². The second-order valence-corrected chi connectivity index (χ2v) is 6.94.